The van der Waals surface area contributed by atoms with Gasteiger partial charge in [0.2, 0.25) is 0 Å². The lowest BCUT2D eigenvalue weighted by Crippen LogP contribution is -2.34. The molecule has 9 heteroatoms. The molecular weight excluding hydrogens is 340 g/mol. The Balaban J connectivity index is 1.91. The first-order valence-corrected chi connectivity index (χ1v) is 8.89. The third-order valence-corrected chi connectivity index (χ3v) is 5.86. The predicted molar refractivity (Wildman–Crippen MR) is 81.5 cm³/mol. The molecule has 0 saturated heterocycles. The number of halogens is 2. The number of alkyl halides is 2. The smallest absolute Gasteiger partial charge is 0.280 e. The molecule has 1 atom stereocenters. The van der Waals surface area contributed by atoms with Crippen molar-refractivity contribution in [1.82, 2.24) is 15.1 Å². The minimum atomic E-state index is -3.38. The molecule has 0 fully saturated rings. The van der Waals surface area contributed by atoms with Crippen LogP contribution < -0.4 is 5.32 Å². The summed E-state index contributed by atoms with van der Waals surface area (Å²) in [7, 11) is -2.05. The standard InChI is InChI=1S/C15H15F2N3O3S/c1-20-13(14(16)17)10(8-18-20)15(21)19-11-6-7-24(22,23)12-5-3-2-4-9(11)12/h2-5,8,11,14H,6-7H2,1H3,(H,19,21). The molecule has 24 heavy (non-hydrogen) atoms. The fourth-order valence-electron chi connectivity index (χ4n) is 2.86. The summed E-state index contributed by atoms with van der Waals surface area (Å²) >= 11 is 0. The Bertz CT molecular complexity index is 893. The number of carbonyl (C=O) groups is 1. The molecule has 3 rings (SSSR count). The highest BCUT2D eigenvalue weighted by Crippen LogP contribution is 2.32. The number of aryl methyl sites for hydroxylation is 1. The summed E-state index contributed by atoms with van der Waals surface area (Å²) in [5.41, 5.74) is -0.206. The van der Waals surface area contributed by atoms with Crippen molar-refractivity contribution < 1.29 is 22.0 Å². The zero-order chi connectivity index (χ0) is 17.5. The maximum absolute atomic E-state index is 13.1. The van der Waals surface area contributed by atoms with Crippen molar-refractivity contribution in [1.29, 1.82) is 0 Å². The molecule has 1 N–H and O–H groups in total. The van der Waals surface area contributed by atoms with E-state index in [1.165, 1.54) is 13.1 Å². The number of hydrogen-bond donors (Lipinski definition) is 1. The molecule has 1 aromatic heterocycles. The Labute approximate surface area is 137 Å². The number of benzene rings is 1. The van der Waals surface area contributed by atoms with E-state index >= 15 is 0 Å². The predicted octanol–water partition coefficient (Wildman–Crippen LogP) is 2.01. The lowest BCUT2D eigenvalue weighted by molar-refractivity contribution is 0.0917. The fourth-order valence-corrected chi connectivity index (χ4v) is 4.48. The highest BCUT2D eigenvalue weighted by Gasteiger charge is 2.32. The maximum atomic E-state index is 13.1. The van der Waals surface area contributed by atoms with Gasteiger partial charge in [-0.1, -0.05) is 18.2 Å². The Hall–Kier alpha value is -2.29. The minimum Gasteiger partial charge on any atom is -0.345 e. The van der Waals surface area contributed by atoms with Crippen molar-refractivity contribution in [2.45, 2.75) is 23.8 Å². The average Bonchev–Trinajstić information content (AvgIpc) is 2.92. The van der Waals surface area contributed by atoms with Gasteiger partial charge in [-0.05, 0) is 18.1 Å². The highest BCUT2D eigenvalue weighted by molar-refractivity contribution is 7.91. The molecule has 0 radical (unpaired) electrons. The van der Waals surface area contributed by atoms with Crippen LogP contribution in [-0.4, -0.2) is 29.9 Å². The van der Waals surface area contributed by atoms with Gasteiger partial charge >= 0.3 is 0 Å². The zero-order valence-electron chi connectivity index (χ0n) is 12.7. The lowest BCUT2D eigenvalue weighted by atomic mass is 10.0. The van der Waals surface area contributed by atoms with Crippen molar-refractivity contribution in [2.75, 3.05) is 5.75 Å². The normalized spacial score (nSPS) is 19.1. The molecule has 1 aromatic carbocycles. The molecule has 0 bridgehead atoms. The van der Waals surface area contributed by atoms with Gasteiger partial charge in [0.1, 0.15) is 5.69 Å². The topological polar surface area (TPSA) is 81.1 Å². The first kappa shape index (κ1) is 16.6. The van der Waals surface area contributed by atoms with Crippen LogP contribution in [-0.2, 0) is 16.9 Å². The van der Waals surface area contributed by atoms with Gasteiger partial charge in [0.25, 0.3) is 12.3 Å². The highest BCUT2D eigenvalue weighted by atomic mass is 32.2. The van der Waals surface area contributed by atoms with Crippen molar-refractivity contribution in [3.8, 4) is 0 Å². The minimum absolute atomic E-state index is 0.107. The molecule has 1 aliphatic rings. The number of carbonyl (C=O) groups excluding carboxylic acids is 1. The summed E-state index contributed by atoms with van der Waals surface area (Å²) in [6, 6.07) is 5.83. The van der Waals surface area contributed by atoms with Crippen LogP contribution in [0.15, 0.2) is 35.4 Å². The van der Waals surface area contributed by atoms with Crippen LogP contribution in [0.2, 0.25) is 0 Å². The quantitative estimate of drug-likeness (QED) is 0.913. The molecule has 128 valence electrons. The summed E-state index contributed by atoms with van der Waals surface area (Å²) < 4.78 is 51.3. The van der Waals surface area contributed by atoms with E-state index in [9.17, 15) is 22.0 Å². The summed E-state index contributed by atoms with van der Waals surface area (Å²) in [5.74, 6) is -0.804. The number of sulfone groups is 1. The van der Waals surface area contributed by atoms with Gasteiger partial charge in [0, 0.05) is 7.05 Å². The monoisotopic (exact) mass is 355 g/mol. The van der Waals surface area contributed by atoms with Crippen LogP contribution in [0, 0.1) is 0 Å². The Morgan fingerprint density at radius 2 is 2.08 bits per heavy atom. The zero-order valence-corrected chi connectivity index (χ0v) is 13.6. The molecule has 2 heterocycles. The summed E-state index contributed by atoms with van der Waals surface area (Å²) in [6.45, 7) is 0. The van der Waals surface area contributed by atoms with E-state index in [0.29, 0.717) is 5.56 Å². The van der Waals surface area contributed by atoms with E-state index in [2.05, 4.69) is 10.4 Å². The number of aromatic nitrogens is 2. The van der Waals surface area contributed by atoms with E-state index in [1.54, 1.807) is 18.2 Å². The number of hydrogen-bond acceptors (Lipinski definition) is 4. The number of rotatable bonds is 3. The fraction of sp³-hybridized carbons (Fsp3) is 0.333. The van der Waals surface area contributed by atoms with Crippen molar-refractivity contribution in [3.63, 3.8) is 0 Å². The second-order valence-corrected chi connectivity index (χ2v) is 7.62. The number of nitrogens with zero attached hydrogens (tertiary/aromatic N) is 2. The third-order valence-electron chi connectivity index (χ3n) is 4.05. The van der Waals surface area contributed by atoms with Gasteiger partial charge in [-0.3, -0.25) is 9.48 Å². The Kier molecular flexibility index (Phi) is 4.12. The van der Waals surface area contributed by atoms with Crippen LogP contribution in [0.1, 0.15) is 40.5 Å². The van der Waals surface area contributed by atoms with Gasteiger partial charge in [-0.25, -0.2) is 17.2 Å². The number of nitrogens with one attached hydrogen (secondary N) is 1. The molecule has 0 spiro atoms. The summed E-state index contributed by atoms with van der Waals surface area (Å²) in [4.78, 5) is 12.5. The third kappa shape index (κ3) is 2.79. The summed E-state index contributed by atoms with van der Waals surface area (Å²) in [6.07, 6.45) is -1.56. The molecular formula is C15H15F2N3O3S. The van der Waals surface area contributed by atoms with Gasteiger partial charge in [0.15, 0.2) is 9.84 Å². The van der Waals surface area contributed by atoms with E-state index in [1.807, 2.05) is 0 Å². The number of fused-ring (bicyclic) bond motifs is 1. The molecule has 0 saturated carbocycles. The molecule has 1 amide bonds. The first-order valence-electron chi connectivity index (χ1n) is 7.24. The van der Waals surface area contributed by atoms with E-state index in [4.69, 9.17) is 0 Å². The Morgan fingerprint density at radius 3 is 2.79 bits per heavy atom. The first-order chi connectivity index (χ1) is 11.3. The lowest BCUT2D eigenvalue weighted by Gasteiger charge is -2.26. The maximum Gasteiger partial charge on any atom is 0.280 e. The van der Waals surface area contributed by atoms with Gasteiger partial charge in [-0.2, -0.15) is 5.10 Å². The van der Waals surface area contributed by atoms with Crippen LogP contribution in [0.25, 0.3) is 0 Å². The van der Waals surface area contributed by atoms with Gasteiger partial charge in [-0.15, -0.1) is 0 Å². The van der Waals surface area contributed by atoms with Crippen LogP contribution >= 0.6 is 0 Å². The van der Waals surface area contributed by atoms with E-state index < -0.39 is 33.9 Å². The summed E-state index contributed by atoms with van der Waals surface area (Å²) in [5, 5.41) is 6.35. The molecule has 1 aliphatic heterocycles. The van der Waals surface area contributed by atoms with Crippen molar-refractivity contribution in [2.24, 2.45) is 7.05 Å². The van der Waals surface area contributed by atoms with Gasteiger partial charge in [0.05, 0.1) is 28.5 Å². The molecule has 1 unspecified atom stereocenters. The largest absolute Gasteiger partial charge is 0.345 e. The SMILES string of the molecule is Cn1ncc(C(=O)NC2CCS(=O)(=O)c3ccccc32)c1C(F)F. The average molecular weight is 355 g/mol. The van der Waals surface area contributed by atoms with E-state index in [0.717, 1.165) is 10.9 Å². The van der Waals surface area contributed by atoms with Gasteiger partial charge < -0.3 is 5.32 Å². The Morgan fingerprint density at radius 1 is 1.38 bits per heavy atom. The molecule has 6 nitrogen and oxygen atoms in total. The number of amides is 1. The van der Waals surface area contributed by atoms with Crippen LogP contribution in [0.3, 0.4) is 0 Å². The van der Waals surface area contributed by atoms with Crippen molar-refractivity contribution >= 4 is 15.7 Å². The second-order valence-electron chi connectivity index (χ2n) is 5.54. The van der Waals surface area contributed by atoms with E-state index in [-0.39, 0.29) is 22.6 Å². The second kappa shape index (κ2) is 5.97. The van der Waals surface area contributed by atoms with Crippen LogP contribution in [0.4, 0.5) is 8.78 Å². The van der Waals surface area contributed by atoms with Crippen LogP contribution in [0.5, 0.6) is 0 Å². The molecule has 2 aromatic rings. The van der Waals surface area contributed by atoms with Crippen molar-refractivity contribution in [3.05, 3.63) is 47.3 Å². The molecule has 0 aliphatic carbocycles.